The number of benzene rings is 1. The lowest BCUT2D eigenvalue weighted by Crippen LogP contribution is -2.33. The summed E-state index contributed by atoms with van der Waals surface area (Å²) in [5.74, 6) is 0.166. The fraction of sp³-hybridized carbons (Fsp3) is 0.533. The molecule has 3 nitrogen and oxygen atoms in total. The van der Waals surface area contributed by atoms with E-state index in [2.05, 4.69) is 4.90 Å². The van der Waals surface area contributed by atoms with Crippen molar-refractivity contribution in [3.63, 3.8) is 0 Å². The van der Waals surface area contributed by atoms with Crippen LogP contribution in [0.2, 0.25) is 10.0 Å². The van der Waals surface area contributed by atoms with Crippen LogP contribution in [0.25, 0.3) is 0 Å². The minimum Gasteiger partial charge on any atom is -0.325 e. The molecule has 0 aromatic heterocycles. The van der Waals surface area contributed by atoms with Gasteiger partial charge < -0.3 is 9.80 Å². The van der Waals surface area contributed by atoms with Gasteiger partial charge in [-0.3, -0.25) is 4.79 Å². The van der Waals surface area contributed by atoms with Gasteiger partial charge in [-0.25, -0.2) is 0 Å². The third-order valence-corrected chi connectivity index (χ3v) is 5.51. The number of halogens is 3. The Kier molecular flexibility index (Phi) is 7.83. The van der Waals surface area contributed by atoms with Gasteiger partial charge in [0.2, 0.25) is 5.91 Å². The molecule has 0 aliphatic carbocycles. The lowest BCUT2D eigenvalue weighted by Gasteiger charge is -2.26. The van der Waals surface area contributed by atoms with E-state index in [9.17, 15) is 4.79 Å². The number of carbonyl (C=O) groups is 1. The number of hydrogen-bond acceptors (Lipinski definition) is 3. The Morgan fingerprint density at radius 1 is 1.27 bits per heavy atom. The monoisotopic (exact) mass is 382 g/mol. The molecule has 2 atom stereocenters. The highest BCUT2D eigenvalue weighted by atomic mass is 35.5. The van der Waals surface area contributed by atoms with Crippen molar-refractivity contribution in [2.24, 2.45) is 0 Å². The van der Waals surface area contributed by atoms with Gasteiger partial charge in [0.25, 0.3) is 0 Å². The van der Waals surface area contributed by atoms with Crippen LogP contribution in [0, 0.1) is 0 Å². The summed E-state index contributed by atoms with van der Waals surface area (Å²) < 4.78 is 0. The summed E-state index contributed by atoms with van der Waals surface area (Å²) in [7, 11) is 4.07. The van der Waals surface area contributed by atoms with Crippen LogP contribution >= 0.6 is 47.4 Å². The quantitative estimate of drug-likeness (QED) is 0.756. The van der Waals surface area contributed by atoms with Crippen LogP contribution in [0.1, 0.15) is 24.3 Å². The van der Waals surface area contributed by atoms with Crippen LogP contribution in [-0.2, 0) is 4.79 Å². The first-order valence-electron chi connectivity index (χ1n) is 6.96. The third-order valence-electron chi connectivity index (χ3n) is 3.50. The van der Waals surface area contributed by atoms with Gasteiger partial charge in [-0.05, 0) is 46.1 Å². The second-order valence-corrected chi connectivity index (χ2v) is 7.69. The molecule has 2 unspecified atom stereocenters. The summed E-state index contributed by atoms with van der Waals surface area (Å²) in [6.07, 6.45) is 0.935. The first-order valence-corrected chi connectivity index (χ1v) is 8.66. The van der Waals surface area contributed by atoms with E-state index in [0.717, 1.165) is 25.1 Å². The highest BCUT2D eigenvalue weighted by molar-refractivity contribution is 8.01. The molecular weight excluding hydrogens is 363 g/mol. The van der Waals surface area contributed by atoms with E-state index in [-0.39, 0.29) is 28.9 Å². The van der Waals surface area contributed by atoms with Crippen molar-refractivity contribution < 1.29 is 4.79 Å². The van der Waals surface area contributed by atoms with Crippen molar-refractivity contribution in [2.75, 3.05) is 27.2 Å². The minimum absolute atomic E-state index is 0. The average molecular weight is 384 g/mol. The molecule has 1 saturated heterocycles. The molecule has 1 aliphatic heterocycles. The number of hydrogen-bond donors (Lipinski definition) is 0. The number of nitrogens with zero attached hydrogens (tertiary/aromatic N) is 2. The molecule has 2 rings (SSSR count). The van der Waals surface area contributed by atoms with Gasteiger partial charge in [0, 0.05) is 22.2 Å². The maximum atomic E-state index is 12.4. The van der Waals surface area contributed by atoms with Gasteiger partial charge in [-0.2, -0.15) is 0 Å². The van der Waals surface area contributed by atoms with E-state index < -0.39 is 0 Å². The van der Waals surface area contributed by atoms with Crippen LogP contribution < -0.4 is 0 Å². The Hall–Kier alpha value is -0.130. The largest absolute Gasteiger partial charge is 0.325 e. The predicted octanol–water partition coefficient (Wildman–Crippen LogP) is 4.33. The van der Waals surface area contributed by atoms with E-state index in [1.807, 2.05) is 44.1 Å². The smallest absolute Gasteiger partial charge is 0.236 e. The van der Waals surface area contributed by atoms with Crippen molar-refractivity contribution in [3.8, 4) is 0 Å². The van der Waals surface area contributed by atoms with Gasteiger partial charge in [-0.1, -0.05) is 29.3 Å². The van der Waals surface area contributed by atoms with Crippen LogP contribution in [0.5, 0.6) is 0 Å². The van der Waals surface area contributed by atoms with Gasteiger partial charge in [0.15, 0.2) is 0 Å². The molecule has 1 aromatic rings. The molecule has 0 saturated carbocycles. The Morgan fingerprint density at radius 2 is 1.86 bits per heavy atom. The minimum atomic E-state index is -0.0872. The van der Waals surface area contributed by atoms with E-state index in [1.165, 1.54) is 0 Å². The van der Waals surface area contributed by atoms with Gasteiger partial charge in [-0.15, -0.1) is 24.2 Å². The zero-order valence-corrected chi connectivity index (χ0v) is 16.0. The SMILES string of the molecule is CC1SC(c2c(Cl)cccc2Cl)N(CCCN(C)C)C1=O.Cl. The zero-order valence-electron chi connectivity index (χ0n) is 12.9. The van der Waals surface area contributed by atoms with E-state index >= 15 is 0 Å². The Labute approximate surface area is 152 Å². The van der Waals surface area contributed by atoms with Gasteiger partial charge >= 0.3 is 0 Å². The van der Waals surface area contributed by atoms with E-state index in [0.29, 0.717) is 10.0 Å². The van der Waals surface area contributed by atoms with Crippen molar-refractivity contribution in [2.45, 2.75) is 24.0 Å². The summed E-state index contributed by atoms with van der Waals surface area (Å²) in [6, 6.07) is 5.49. The number of rotatable bonds is 5. The average Bonchev–Trinajstić information content (AvgIpc) is 2.66. The topological polar surface area (TPSA) is 23.6 Å². The molecule has 0 bridgehead atoms. The number of amides is 1. The van der Waals surface area contributed by atoms with Gasteiger partial charge in [0.05, 0.1) is 5.25 Å². The molecule has 1 amide bonds. The van der Waals surface area contributed by atoms with Crippen molar-refractivity contribution in [1.29, 1.82) is 0 Å². The van der Waals surface area contributed by atoms with E-state index in [1.54, 1.807) is 11.8 Å². The number of thioether (sulfide) groups is 1. The highest BCUT2D eigenvalue weighted by Gasteiger charge is 2.39. The molecule has 22 heavy (non-hydrogen) atoms. The summed E-state index contributed by atoms with van der Waals surface area (Å²) in [6.45, 7) is 3.61. The summed E-state index contributed by atoms with van der Waals surface area (Å²) >= 11 is 14.2. The lowest BCUT2D eigenvalue weighted by atomic mass is 10.2. The lowest BCUT2D eigenvalue weighted by molar-refractivity contribution is -0.129. The fourth-order valence-electron chi connectivity index (χ4n) is 2.43. The standard InChI is InChI=1S/C15H20Cl2N2OS.ClH/c1-10-14(20)19(9-5-8-18(2)3)15(21-10)13-11(16)6-4-7-12(13)17;/h4,6-7,10,15H,5,8-9H2,1-3H3;1H. The van der Waals surface area contributed by atoms with Crippen LogP contribution in [-0.4, -0.2) is 48.1 Å². The molecule has 0 radical (unpaired) electrons. The normalized spacial score (nSPS) is 21.4. The number of carbonyl (C=O) groups excluding carboxylic acids is 1. The van der Waals surface area contributed by atoms with Crippen molar-refractivity contribution in [1.82, 2.24) is 9.80 Å². The maximum absolute atomic E-state index is 12.4. The second-order valence-electron chi connectivity index (χ2n) is 5.45. The zero-order chi connectivity index (χ0) is 15.6. The highest BCUT2D eigenvalue weighted by Crippen LogP contribution is 2.47. The van der Waals surface area contributed by atoms with Crippen molar-refractivity contribution in [3.05, 3.63) is 33.8 Å². The van der Waals surface area contributed by atoms with Crippen LogP contribution in [0.3, 0.4) is 0 Å². The fourth-order valence-corrected chi connectivity index (χ4v) is 4.55. The first-order chi connectivity index (χ1) is 9.91. The summed E-state index contributed by atoms with van der Waals surface area (Å²) in [5.41, 5.74) is 0.855. The summed E-state index contributed by atoms with van der Waals surface area (Å²) in [4.78, 5) is 16.4. The molecule has 1 fully saturated rings. The third kappa shape index (κ3) is 4.45. The molecule has 1 heterocycles. The summed E-state index contributed by atoms with van der Waals surface area (Å²) in [5, 5.41) is 1.11. The second kappa shape index (κ2) is 8.65. The molecular formula is C15H21Cl3N2OS. The molecule has 1 aliphatic rings. The van der Waals surface area contributed by atoms with E-state index in [4.69, 9.17) is 23.2 Å². The molecule has 124 valence electrons. The maximum Gasteiger partial charge on any atom is 0.236 e. The first kappa shape index (κ1) is 19.9. The predicted molar refractivity (Wildman–Crippen MR) is 98.4 cm³/mol. The molecule has 7 heteroatoms. The molecule has 0 spiro atoms. The van der Waals surface area contributed by atoms with Crippen LogP contribution in [0.15, 0.2) is 18.2 Å². The molecule has 1 aromatic carbocycles. The van der Waals surface area contributed by atoms with Crippen LogP contribution in [0.4, 0.5) is 0 Å². The Morgan fingerprint density at radius 3 is 2.41 bits per heavy atom. The van der Waals surface area contributed by atoms with Crippen molar-refractivity contribution >= 4 is 53.3 Å². The Balaban J connectivity index is 0.00000242. The van der Waals surface area contributed by atoms with Gasteiger partial charge in [0.1, 0.15) is 5.37 Å². The molecule has 0 N–H and O–H groups in total. The Bertz CT molecular complexity index is 507.